The first-order valence-corrected chi connectivity index (χ1v) is 11.5. The van der Waals surface area contributed by atoms with Crippen LogP contribution in [0.3, 0.4) is 0 Å². The first-order valence-electron chi connectivity index (χ1n) is 11.5. The number of pyridine rings is 1. The maximum atomic E-state index is 12.8. The van der Waals surface area contributed by atoms with E-state index < -0.39 is 0 Å². The molecule has 1 amide bonds. The standard InChI is InChI=1S/C27H30N6O2/c1-5-33-17-22(16-30-33)21-14-25(26(28)29-15-21)35-18(2)19-8-6-10-23(12-19)31-27(34)20-9-7-11-24(13-20)32(3)4/h6-18H,5H2,1-4H3,(H2,28,29)(H,31,34)/t18-/m1/s1. The van der Waals surface area contributed by atoms with E-state index in [4.69, 9.17) is 10.5 Å². The van der Waals surface area contributed by atoms with E-state index in [1.54, 1.807) is 18.5 Å². The number of aromatic nitrogens is 3. The highest BCUT2D eigenvalue weighted by Crippen LogP contribution is 2.31. The van der Waals surface area contributed by atoms with E-state index in [2.05, 4.69) is 15.4 Å². The number of hydrogen-bond acceptors (Lipinski definition) is 6. The lowest BCUT2D eigenvalue weighted by Gasteiger charge is -2.18. The number of nitrogens with two attached hydrogens (primary N) is 1. The van der Waals surface area contributed by atoms with Gasteiger partial charge < -0.3 is 20.7 Å². The summed E-state index contributed by atoms with van der Waals surface area (Å²) in [5.41, 5.74) is 11.1. The van der Waals surface area contributed by atoms with Crippen molar-refractivity contribution in [3.8, 4) is 16.9 Å². The van der Waals surface area contributed by atoms with Gasteiger partial charge in [-0.25, -0.2) is 4.98 Å². The third kappa shape index (κ3) is 5.60. The number of hydrogen-bond donors (Lipinski definition) is 2. The summed E-state index contributed by atoms with van der Waals surface area (Å²) in [5, 5.41) is 7.29. The Hall–Kier alpha value is -4.33. The number of benzene rings is 2. The first-order chi connectivity index (χ1) is 16.8. The predicted octanol–water partition coefficient (Wildman–Crippen LogP) is 5.01. The van der Waals surface area contributed by atoms with Crippen molar-refractivity contribution in [2.75, 3.05) is 30.0 Å². The largest absolute Gasteiger partial charge is 0.482 e. The third-order valence-corrected chi connectivity index (χ3v) is 5.71. The van der Waals surface area contributed by atoms with Gasteiger partial charge in [0.15, 0.2) is 11.6 Å². The van der Waals surface area contributed by atoms with Gasteiger partial charge in [-0.05, 0) is 55.8 Å². The van der Waals surface area contributed by atoms with Crippen molar-refractivity contribution in [2.24, 2.45) is 0 Å². The number of carbonyl (C=O) groups is 1. The number of carbonyl (C=O) groups excluding carboxylic acids is 1. The van der Waals surface area contributed by atoms with Crippen LogP contribution in [-0.4, -0.2) is 34.8 Å². The third-order valence-electron chi connectivity index (χ3n) is 5.71. The molecule has 0 saturated carbocycles. The fourth-order valence-electron chi connectivity index (χ4n) is 3.65. The molecule has 35 heavy (non-hydrogen) atoms. The Labute approximate surface area is 205 Å². The lowest BCUT2D eigenvalue weighted by Crippen LogP contribution is -2.14. The van der Waals surface area contributed by atoms with Gasteiger partial charge >= 0.3 is 0 Å². The second kappa shape index (κ2) is 10.3. The summed E-state index contributed by atoms with van der Waals surface area (Å²) < 4.78 is 8.03. The van der Waals surface area contributed by atoms with E-state index in [1.165, 1.54) is 0 Å². The molecule has 2 heterocycles. The van der Waals surface area contributed by atoms with Crippen molar-refractivity contribution < 1.29 is 9.53 Å². The number of rotatable bonds is 8. The van der Waals surface area contributed by atoms with Crippen molar-refractivity contribution in [3.05, 3.63) is 84.3 Å². The van der Waals surface area contributed by atoms with E-state index in [9.17, 15) is 4.79 Å². The van der Waals surface area contributed by atoms with Gasteiger partial charge in [-0.3, -0.25) is 9.48 Å². The summed E-state index contributed by atoms with van der Waals surface area (Å²) in [6.45, 7) is 4.76. The number of nitrogens with zero attached hydrogens (tertiary/aromatic N) is 4. The second-order valence-corrected chi connectivity index (χ2v) is 8.48. The number of anilines is 3. The van der Waals surface area contributed by atoms with E-state index in [0.717, 1.165) is 28.9 Å². The quantitative estimate of drug-likeness (QED) is 0.376. The van der Waals surface area contributed by atoms with E-state index in [0.29, 0.717) is 22.8 Å². The number of nitrogen functional groups attached to an aromatic ring is 1. The number of amides is 1. The molecule has 0 spiro atoms. The zero-order valence-corrected chi connectivity index (χ0v) is 20.4. The molecule has 0 saturated heterocycles. The normalized spacial score (nSPS) is 11.7. The van der Waals surface area contributed by atoms with Crippen LogP contribution in [0.15, 0.2) is 73.2 Å². The Balaban J connectivity index is 1.49. The van der Waals surface area contributed by atoms with Crippen molar-refractivity contribution in [2.45, 2.75) is 26.5 Å². The molecule has 0 radical (unpaired) electrons. The summed E-state index contributed by atoms with van der Waals surface area (Å²) in [7, 11) is 3.88. The van der Waals surface area contributed by atoms with Crippen molar-refractivity contribution >= 4 is 23.1 Å². The fraction of sp³-hybridized carbons (Fsp3) is 0.222. The molecule has 0 aliphatic heterocycles. The van der Waals surface area contributed by atoms with Crippen LogP contribution >= 0.6 is 0 Å². The molecule has 0 unspecified atom stereocenters. The van der Waals surface area contributed by atoms with Gasteiger partial charge in [0.05, 0.1) is 6.20 Å². The van der Waals surface area contributed by atoms with Crippen LogP contribution in [0.25, 0.3) is 11.1 Å². The summed E-state index contributed by atoms with van der Waals surface area (Å²) in [4.78, 5) is 19.1. The van der Waals surface area contributed by atoms with Gasteiger partial charge in [-0.1, -0.05) is 18.2 Å². The van der Waals surface area contributed by atoms with Crippen LogP contribution in [0.2, 0.25) is 0 Å². The summed E-state index contributed by atoms with van der Waals surface area (Å²) in [6, 6.07) is 17.0. The highest BCUT2D eigenvalue weighted by Gasteiger charge is 2.14. The van der Waals surface area contributed by atoms with E-state index in [-0.39, 0.29) is 12.0 Å². The molecule has 8 heteroatoms. The number of nitrogens with one attached hydrogen (secondary N) is 1. The molecule has 8 nitrogen and oxygen atoms in total. The van der Waals surface area contributed by atoms with Crippen LogP contribution in [-0.2, 0) is 6.54 Å². The van der Waals surface area contributed by atoms with Crippen molar-refractivity contribution in [1.29, 1.82) is 0 Å². The summed E-state index contributed by atoms with van der Waals surface area (Å²) >= 11 is 0. The van der Waals surface area contributed by atoms with Crippen LogP contribution in [0.4, 0.5) is 17.2 Å². The molecular weight excluding hydrogens is 440 g/mol. The lowest BCUT2D eigenvalue weighted by molar-refractivity contribution is 0.102. The Morgan fingerprint density at radius 1 is 1.11 bits per heavy atom. The molecule has 0 aliphatic rings. The number of ether oxygens (including phenoxy) is 1. The van der Waals surface area contributed by atoms with Gasteiger partial charge in [0.2, 0.25) is 0 Å². The molecule has 180 valence electrons. The SMILES string of the molecule is CCn1cc(-c2cnc(N)c(O[C@H](C)c3cccc(NC(=O)c4cccc(N(C)C)c4)c3)c2)cn1. The molecule has 4 aromatic rings. The summed E-state index contributed by atoms with van der Waals surface area (Å²) in [6.07, 6.45) is 5.15. The maximum Gasteiger partial charge on any atom is 0.255 e. The molecule has 2 aromatic carbocycles. The fourth-order valence-corrected chi connectivity index (χ4v) is 3.65. The van der Waals surface area contributed by atoms with Gasteiger partial charge in [-0.15, -0.1) is 0 Å². The van der Waals surface area contributed by atoms with Crippen LogP contribution < -0.4 is 20.7 Å². The molecule has 0 bridgehead atoms. The topological polar surface area (TPSA) is 98.3 Å². The molecular formula is C27H30N6O2. The Morgan fingerprint density at radius 2 is 1.91 bits per heavy atom. The predicted molar refractivity (Wildman–Crippen MR) is 140 cm³/mol. The number of aryl methyl sites for hydroxylation is 1. The smallest absolute Gasteiger partial charge is 0.255 e. The van der Waals surface area contributed by atoms with Gasteiger partial charge in [0, 0.05) is 61.1 Å². The van der Waals surface area contributed by atoms with Gasteiger partial charge in [-0.2, -0.15) is 5.10 Å². The Morgan fingerprint density at radius 3 is 2.66 bits per heavy atom. The highest BCUT2D eigenvalue weighted by atomic mass is 16.5. The average Bonchev–Trinajstić information content (AvgIpc) is 3.35. The van der Waals surface area contributed by atoms with Crippen LogP contribution in [0, 0.1) is 0 Å². The molecule has 3 N–H and O–H groups in total. The van der Waals surface area contributed by atoms with Gasteiger partial charge in [0.1, 0.15) is 6.10 Å². The monoisotopic (exact) mass is 470 g/mol. The lowest BCUT2D eigenvalue weighted by atomic mass is 10.1. The molecule has 2 aromatic heterocycles. The minimum absolute atomic E-state index is 0.173. The highest BCUT2D eigenvalue weighted by molar-refractivity contribution is 6.04. The maximum absolute atomic E-state index is 12.8. The summed E-state index contributed by atoms with van der Waals surface area (Å²) in [5.74, 6) is 0.635. The van der Waals surface area contributed by atoms with E-state index >= 15 is 0 Å². The average molecular weight is 471 g/mol. The van der Waals surface area contributed by atoms with Gasteiger partial charge in [0.25, 0.3) is 5.91 Å². The van der Waals surface area contributed by atoms with Crippen molar-refractivity contribution in [1.82, 2.24) is 14.8 Å². The van der Waals surface area contributed by atoms with Crippen molar-refractivity contribution in [3.63, 3.8) is 0 Å². The van der Waals surface area contributed by atoms with E-state index in [1.807, 2.05) is 92.3 Å². The molecule has 0 aliphatic carbocycles. The zero-order valence-electron chi connectivity index (χ0n) is 20.4. The van der Waals surface area contributed by atoms with Crippen LogP contribution in [0.5, 0.6) is 5.75 Å². The van der Waals surface area contributed by atoms with Crippen LogP contribution in [0.1, 0.15) is 35.9 Å². The molecule has 0 fully saturated rings. The Bertz CT molecular complexity index is 1330. The molecule has 1 atom stereocenters. The molecule has 4 rings (SSSR count). The minimum atomic E-state index is -0.318. The minimum Gasteiger partial charge on any atom is -0.482 e. The first kappa shape index (κ1) is 23.8. The zero-order chi connectivity index (χ0) is 24.9. The Kier molecular flexibility index (Phi) is 7.01. The second-order valence-electron chi connectivity index (χ2n) is 8.48.